The van der Waals surface area contributed by atoms with Crippen LogP contribution in [0.3, 0.4) is 0 Å². The van der Waals surface area contributed by atoms with Gasteiger partial charge in [-0.05, 0) is 50.1 Å². The van der Waals surface area contributed by atoms with Crippen LogP contribution in [0.5, 0.6) is 0 Å². The lowest BCUT2D eigenvalue weighted by Gasteiger charge is -2.32. The second-order valence-electron chi connectivity index (χ2n) is 8.31. The topological polar surface area (TPSA) is 75.4 Å². The Morgan fingerprint density at radius 1 is 1.20 bits per heavy atom. The van der Waals surface area contributed by atoms with Crippen LogP contribution in [0.15, 0.2) is 55.1 Å². The minimum Gasteiger partial charge on any atom is -0.388 e. The van der Waals surface area contributed by atoms with Crippen molar-refractivity contribution in [1.82, 2.24) is 14.7 Å². The van der Waals surface area contributed by atoms with Crippen molar-refractivity contribution in [1.29, 1.82) is 5.41 Å². The Kier molecular flexibility index (Phi) is 12.3. The first-order valence-electron chi connectivity index (χ1n) is 12.7. The lowest BCUT2D eigenvalue weighted by molar-refractivity contribution is 0.0608. The summed E-state index contributed by atoms with van der Waals surface area (Å²) in [6, 6.07) is 12.2. The van der Waals surface area contributed by atoms with Crippen LogP contribution in [0.4, 0.5) is 5.69 Å². The average Bonchev–Trinajstić information content (AvgIpc) is 3.59. The summed E-state index contributed by atoms with van der Waals surface area (Å²) in [5, 5.41) is 15.9. The Morgan fingerprint density at radius 2 is 1.89 bits per heavy atom. The van der Waals surface area contributed by atoms with E-state index in [0.29, 0.717) is 18.9 Å². The summed E-state index contributed by atoms with van der Waals surface area (Å²) >= 11 is 0. The molecule has 2 saturated heterocycles. The van der Waals surface area contributed by atoms with E-state index in [4.69, 9.17) is 20.0 Å². The van der Waals surface area contributed by atoms with Crippen LogP contribution in [-0.2, 0) is 9.47 Å². The number of ether oxygens (including phenoxy) is 2. The van der Waals surface area contributed by atoms with E-state index in [0.717, 1.165) is 55.4 Å². The number of nitrogens with one attached hydrogen (secondary N) is 2. The van der Waals surface area contributed by atoms with Gasteiger partial charge in [0.2, 0.25) is 0 Å². The Balaban J connectivity index is 0.000000363. The van der Waals surface area contributed by atoms with Crippen molar-refractivity contribution in [2.24, 2.45) is 5.92 Å². The highest BCUT2D eigenvalue weighted by Crippen LogP contribution is 2.29. The predicted molar refractivity (Wildman–Crippen MR) is 146 cm³/mol. The molecule has 1 aromatic heterocycles. The van der Waals surface area contributed by atoms with E-state index in [1.807, 2.05) is 62.8 Å². The van der Waals surface area contributed by atoms with Gasteiger partial charge in [0.15, 0.2) is 0 Å². The molecule has 0 bridgehead atoms. The molecular weight excluding hydrogens is 438 g/mol. The maximum Gasteiger partial charge on any atom is 0.127 e. The quantitative estimate of drug-likeness (QED) is 0.491. The van der Waals surface area contributed by atoms with Gasteiger partial charge < -0.3 is 25.1 Å². The fourth-order valence-electron chi connectivity index (χ4n) is 3.91. The largest absolute Gasteiger partial charge is 0.388 e. The lowest BCUT2D eigenvalue weighted by atomic mass is 10.1. The number of aryl methyl sites for hydroxylation is 1. The number of aromatic nitrogens is 2. The van der Waals surface area contributed by atoms with Gasteiger partial charge in [-0.3, -0.25) is 0 Å². The first-order chi connectivity index (χ1) is 17.0. The van der Waals surface area contributed by atoms with Gasteiger partial charge in [0.05, 0.1) is 18.9 Å². The summed E-state index contributed by atoms with van der Waals surface area (Å²) in [5.74, 6) is 0.995. The molecule has 2 atom stereocenters. The minimum absolute atomic E-state index is 0.0230. The van der Waals surface area contributed by atoms with Crippen LogP contribution in [0.2, 0.25) is 0 Å². The highest BCUT2D eigenvalue weighted by Gasteiger charge is 2.24. The Morgan fingerprint density at radius 3 is 2.43 bits per heavy atom. The van der Waals surface area contributed by atoms with Gasteiger partial charge in [-0.1, -0.05) is 45.5 Å². The predicted octanol–water partition coefficient (Wildman–Crippen LogP) is 5.77. The van der Waals surface area contributed by atoms with E-state index in [-0.39, 0.29) is 12.0 Å². The summed E-state index contributed by atoms with van der Waals surface area (Å²) in [6.45, 7) is 15.7. The van der Waals surface area contributed by atoms with Crippen LogP contribution in [0.1, 0.15) is 51.1 Å². The molecule has 2 aliphatic rings. The molecule has 35 heavy (non-hydrogen) atoms. The standard InChI is InChI=1S/C19H28N4O2.C7H9N.C2H6/c1-4-16(20)14(2)12-19(22-7-10-24-11-8-22)23-15(3)13-17(21-23)18-6-5-9-25-18;1-8-7-5-3-2-4-6-7;1-2/h4,12-14,18,20H,1,5-11H2,2-3H3;2-6,8H,1H3;1-2H3/b19-12-,20-16?;;. The Labute approximate surface area is 211 Å². The lowest BCUT2D eigenvalue weighted by Crippen LogP contribution is -2.37. The molecule has 2 N–H and O–H groups in total. The van der Waals surface area contributed by atoms with Crippen LogP contribution >= 0.6 is 0 Å². The molecule has 0 radical (unpaired) electrons. The van der Waals surface area contributed by atoms with E-state index in [9.17, 15) is 0 Å². The molecule has 2 aliphatic heterocycles. The van der Waals surface area contributed by atoms with Crippen molar-refractivity contribution >= 4 is 17.2 Å². The zero-order chi connectivity index (χ0) is 25.6. The van der Waals surface area contributed by atoms with Crippen molar-refractivity contribution in [3.8, 4) is 0 Å². The average molecular weight is 482 g/mol. The molecule has 7 nitrogen and oxygen atoms in total. The van der Waals surface area contributed by atoms with E-state index < -0.39 is 0 Å². The molecular formula is C28H43N5O2. The van der Waals surface area contributed by atoms with E-state index in [2.05, 4.69) is 35.9 Å². The molecule has 1 aromatic carbocycles. The van der Waals surface area contributed by atoms with Crippen molar-refractivity contribution in [2.45, 2.75) is 46.6 Å². The summed E-state index contributed by atoms with van der Waals surface area (Å²) < 4.78 is 13.3. The van der Waals surface area contributed by atoms with Gasteiger partial charge >= 0.3 is 0 Å². The van der Waals surface area contributed by atoms with Crippen LogP contribution in [0.25, 0.3) is 5.82 Å². The number of anilines is 1. The zero-order valence-corrected chi connectivity index (χ0v) is 22.1. The first-order valence-corrected chi connectivity index (χ1v) is 12.7. The van der Waals surface area contributed by atoms with Crippen LogP contribution in [-0.4, -0.2) is 60.3 Å². The molecule has 2 aromatic rings. The molecule has 0 amide bonds. The van der Waals surface area contributed by atoms with Crippen molar-refractivity contribution in [3.05, 3.63) is 66.5 Å². The van der Waals surface area contributed by atoms with Gasteiger partial charge in [-0.15, -0.1) is 0 Å². The summed E-state index contributed by atoms with van der Waals surface area (Å²) in [7, 11) is 1.91. The van der Waals surface area contributed by atoms with Gasteiger partial charge in [-0.25, -0.2) is 4.68 Å². The molecule has 3 heterocycles. The van der Waals surface area contributed by atoms with Gasteiger partial charge in [0.1, 0.15) is 11.9 Å². The van der Waals surface area contributed by atoms with E-state index in [1.165, 1.54) is 0 Å². The maximum atomic E-state index is 8.05. The summed E-state index contributed by atoms with van der Waals surface area (Å²) in [6.07, 6.45) is 5.94. The van der Waals surface area contributed by atoms with Gasteiger partial charge in [-0.2, -0.15) is 5.10 Å². The minimum atomic E-state index is -0.0230. The number of para-hydroxylation sites is 1. The monoisotopic (exact) mass is 481 g/mol. The molecule has 0 spiro atoms. The zero-order valence-electron chi connectivity index (χ0n) is 22.1. The normalized spacial score (nSPS) is 18.5. The number of allylic oxidation sites excluding steroid dienone is 2. The SMILES string of the molecule is C=CC(=N)C(C)/C=C(/N1CCOCC1)n1nc(C2CCCO2)cc1C.CC.CNc1ccccc1. The molecule has 2 fully saturated rings. The van der Waals surface area contributed by atoms with Crippen molar-refractivity contribution < 1.29 is 9.47 Å². The highest BCUT2D eigenvalue weighted by atomic mass is 16.5. The van der Waals surface area contributed by atoms with Crippen LogP contribution < -0.4 is 5.32 Å². The third-order valence-corrected chi connectivity index (χ3v) is 5.89. The number of nitrogens with zero attached hydrogens (tertiary/aromatic N) is 3. The molecule has 192 valence electrons. The van der Waals surface area contributed by atoms with Crippen LogP contribution in [0, 0.1) is 18.3 Å². The first kappa shape index (κ1) is 28.3. The number of rotatable bonds is 7. The number of hydrogen-bond donors (Lipinski definition) is 2. The fraction of sp³-hybridized carbons (Fsp3) is 0.500. The fourth-order valence-corrected chi connectivity index (χ4v) is 3.91. The number of hydrogen-bond acceptors (Lipinski definition) is 6. The molecule has 0 saturated carbocycles. The third-order valence-electron chi connectivity index (χ3n) is 5.89. The van der Waals surface area contributed by atoms with Gasteiger partial charge in [0, 0.05) is 49.8 Å². The van der Waals surface area contributed by atoms with Crippen molar-refractivity contribution in [3.63, 3.8) is 0 Å². The molecule has 4 rings (SSSR count). The number of benzene rings is 1. The smallest absolute Gasteiger partial charge is 0.127 e. The van der Waals surface area contributed by atoms with Crippen molar-refractivity contribution in [2.75, 3.05) is 45.3 Å². The highest BCUT2D eigenvalue weighted by molar-refractivity contribution is 5.95. The Bertz CT molecular complexity index is 926. The molecule has 0 aliphatic carbocycles. The summed E-state index contributed by atoms with van der Waals surface area (Å²) in [5.41, 5.74) is 3.75. The van der Waals surface area contributed by atoms with E-state index in [1.54, 1.807) is 6.08 Å². The maximum absolute atomic E-state index is 8.05. The van der Waals surface area contributed by atoms with E-state index >= 15 is 0 Å². The number of morpholine rings is 1. The third kappa shape index (κ3) is 8.37. The second kappa shape index (κ2) is 15.2. The Hall–Kier alpha value is -2.90. The second-order valence-corrected chi connectivity index (χ2v) is 8.31. The molecule has 2 unspecified atom stereocenters. The van der Waals surface area contributed by atoms with Gasteiger partial charge in [0.25, 0.3) is 0 Å². The molecule has 7 heteroatoms. The summed E-state index contributed by atoms with van der Waals surface area (Å²) in [4.78, 5) is 2.29.